The van der Waals surface area contributed by atoms with E-state index in [0.29, 0.717) is 24.3 Å². The number of likely N-dealkylation sites (tertiary alicyclic amines) is 1. The minimum atomic E-state index is -0.737. The van der Waals surface area contributed by atoms with Crippen LogP contribution in [-0.4, -0.2) is 52.5 Å². The Hall–Kier alpha value is -2.57. The van der Waals surface area contributed by atoms with Crippen LogP contribution in [0.15, 0.2) is 65.7 Å². The number of aliphatic hydroxyl groups excluding tert-OH is 1. The monoisotopic (exact) mass is 394 g/mol. The minimum absolute atomic E-state index is 0.0441. The first-order valence-electron chi connectivity index (χ1n) is 9.27. The highest BCUT2D eigenvalue weighted by atomic mass is 32.2. The number of carbonyl (C=O) groups excluding carboxylic acids is 1. The van der Waals surface area contributed by atoms with Gasteiger partial charge in [-0.3, -0.25) is 9.78 Å². The molecule has 2 aromatic carbocycles. The maximum Gasteiger partial charge on any atom is 0.255 e. The molecule has 1 aliphatic rings. The van der Waals surface area contributed by atoms with Crippen molar-refractivity contribution in [1.82, 2.24) is 9.88 Å². The lowest BCUT2D eigenvalue weighted by Crippen LogP contribution is -2.51. The van der Waals surface area contributed by atoms with Gasteiger partial charge in [-0.1, -0.05) is 18.2 Å². The lowest BCUT2D eigenvalue weighted by Gasteiger charge is -2.36. The number of amides is 1. The quantitative estimate of drug-likeness (QED) is 0.685. The van der Waals surface area contributed by atoms with Crippen molar-refractivity contribution in [3.63, 3.8) is 0 Å². The molecule has 4 rings (SSSR count). The van der Waals surface area contributed by atoms with Gasteiger partial charge in [-0.25, -0.2) is 0 Å². The van der Waals surface area contributed by atoms with E-state index < -0.39 is 6.10 Å². The van der Waals surface area contributed by atoms with E-state index in [1.807, 2.05) is 60.9 Å². The number of fused-ring (bicyclic) bond motifs is 1. The zero-order valence-electron chi connectivity index (χ0n) is 15.6. The van der Waals surface area contributed by atoms with Crippen molar-refractivity contribution in [1.29, 1.82) is 0 Å². The number of pyridine rings is 1. The predicted molar refractivity (Wildman–Crippen MR) is 111 cm³/mol. The van der Waals surface area contributed by atoms with E-state index in [-0.39, 0.29) is 18.6 Å². The second-order valence-electron chi connectivity index (χ2n) is 6.82. The number of carbonyl (C=O) groups is 1. The molecule has 0 bridgehead atoms. The van der Waals surface area contributed by atoms with E-state index in [2.05, 4.69) is 4.98 Å². The number of piperidine rings is 1. The summed E-state index contributed by atoms with van der Waals surface area (Å²) in [5, 5.41) is 11.6. The molecule has 1 aliphatic heterocycles. The van der Waals surface area contributed by atoms with Gasteiger partial charge in [-0.15, -0.1) is 11.8 Å². The molecule has 144 valence electrons. The first kappa shape index (κ1) is 18.8. The number of benzene rings is 2. The van der Waals surface area contributed by atoms with E-state index in [1.54, 1.807) is 22.9 Å². The van der Waals surface area contributed by atoms with Crippen molar-refractivity contribution in [2.24, 2.45) is 0 Å². The second-order valence-corrected chi connectivity index (χ2v) is 7.67. The molecule has 2 heterocycles. The Morgan fingerprint density at radius 1 is 1.21 bits per heavy atom. The fraction of sp³-hybridized carbons (Fsp3) is 0.273. The summed E-state index contributed by atoms with van der Waals surface area (Å²) in [4.78, 5) is 19.9. The van der Waals surface area contributed by atoms with E-state index in [0.717, 1.165) is 15.8 Å². The third-order valence-corrected chi connectivity index (χ3v) is 5.81. The maximum absolute atomic E-state index is 12.9. The molecule has 1 saturated heterocycles. The Morgan fingerprint density at radius 3 is 2.89 bits per heavy atom. The van der Waals surface area contributed by atoms with Crippen LogP contribution in [0.3, 0.4) is 0 Å². The molecule has 6 heteroatoms. The van der Waals surface area contributed by atoms with Crippen LogP contribution in [0.4, 0.5) is 0 Å². The fourth-order valence-corrected chi connectivity index (χ4v) is 4.11. The van der Waals surface area contributed by atoms with Gasteiger partial charge in [0.05, 0.1) is 17.6 Å². The van der Waals surface area contributed by atoms with Crippen LogP contribution in [0.2, 0.25) is 0 Å². The third-order valence-electron chi connectivity index (χ3n) is 5.01. The van der Waals surface area contributed by atoms with Crippen LogP contribution in [0.25, 0.3) is 10.9 Å². The molecule has 0 spiro atoms. The van der Waals surface area contributed by atoms with Gasteiger partial charge in [0.1, 0.15) is 18.0 Å². The Bertz CT molecular complexity index is 994. The van der Waals surface area contributed by atoms with Crippen molar-refractivity contribution in [3.05, 3.63) is 66.4 Å². The van der Waals surface area contributed by atoms with E-state index in [9.17, 15) is 9.90 Å². The van der Waals surface area contributed by atoms with Crippen molar-refractivity contribution in [3.8, 4) is 5.75 Å². The zero-order valence-corrected chi connectivity index (χ0v) is 16.4. The minimum Gasteiger partial charge on any atom is -0.488 e. The van der Waals surface area contributed by atoms with Gasteiger partial charge in [-0.2, -0.15) is 0 Å². The molecular weight excluding hydrogens is 372 g/mol. The van der Waals surface area contributed by atoms with E-state index in [4.69, 9.17) is 4.74 Å². The normalized spacial score (nSPS) is 19.6. The van der Waals surface area contributed by atoms with Gasteiger partial charge in [0.15, 0.2) is 0 Å². The summed E-state index contributed by atoms with van der Waals surface area (Å²) in [5.74, 6) is 0.639. The third kappa shape index (κ3) is 3.84. The maximum atomic E-state index is 12.9. The molecule has 1 amide bonds. The summed E-state index contributed by atoms with van der Waals surface area (Å²) in [6.45, 7) is 0.813. The lowest BCUT2D eigenvalue weighted by molar-refractivity contribution is -0.0199. The molecule has 1 aromatic heterocycles. The molecular formula is C22H22N2O3S. The standard InChI is InChI=1S/C22H22N2O3S/c1-28-21-7-3-2-6-17(21)22(26)24-12-10-20(19(25)14-24)27-16-9-8-15-5-4-11-23-18(15)13-16/h2-9,11,13,19-20,25H,10,12,14H2,1H3/t19-,20-/m1/s1. The summed E-state index contributed by atoms with van der Waals surface area (Å²) >= 11 is 1.55. The largest absolute Gasteiger partial charge is 0.488 e. The number of rotatable bonds is 4. The molecule has 3 aromatic rings. The summed E-state index contributed by atoms with van der Waals surface area (Å²) in [7, 11) is 0. The fourth-order valence-electron chi connectivity index (χ4n) is 3.52. The first-order valence-corrected chi connectivity index (χ1v) is 10.5. The molecule has 1 N–H and O–H groups in total. The molecule has 0 aliphatic carbocycles. The number of β-amino-alcohol motifs (C(OH)–C–C–N with tert-alkyl or cyclic N) is 1. The highest BCUT2D eigenvalue weighted by Crippen LogP contribution is 2.26. The van der Waals surface area contributed by atoms with Crippen molar-refractivity contribution >= 4 is 28.6 Å². The van der Waals surface area contributed by atoms with Gasteiger partial charge in [0.25, 0.3) is 5.91 Å². The van der Waals surface area contributed by atoms with E-state index in [1.165, 1.54) is 0 Å². The van der Waals surface area contributed by atoms with Crippen LogP contribution in [0.5, 0.6) is 5.75 Å². The SMILES string of the molecule is CSc1ccccc1C(=O)N1CC[C@@H](Oc2ccc3cccnc3c2)[C@H](O)C1. The summed E-state index contributed by atoms with van der Waals surface area (Å²) in [6, 6.07) is 17.2. The van der Waals surface area contributed by atoms with Gasteiger partial charge < -0.3 is 14.7 Å². The van der Waals surface area contributed by atoms with Gasteiger partial charge in [0, 0.05) is 35.5 Å². The topological polar surface area (TPSA) is 62.7 Å². The van der Waals surface area contributed by atoms with Crippen molar-refractivity contribution < 1.29 is 14.6 Å². The van der Waals surface area contributed by atoms with Crippen LogP contribution >= 0.6 is 11.8 Å². The molecule has 1 fully saturated rings. The van der Waals surface area contributed by atoms with Crippen LogP contribution < -0.4 is 4.74 Å². The highest BCUT2D eigenvalue weighted by Gasteiger charge is 2.32. The Balaban J connectivity index is 1.44. The number of ether oxygens (including phenoxy) is 1. The van der Waals surface area contributed by atoms with Crippen LogP contribution in [0, 0.1) is 0 Å². The first-order chi connectivity index (χ1) is 13.7. The highest BCUT2D eigenvalue weighted by molar-refractivity contribution is 7.98. The molecule has 5 nitrogen and oxygen atoms in total. The average Bonchev–Trinajstić information content (AvgIpc) is 2.74. The van der Waals surface area contributed by atoms with Gasteiger partial charge in [-0.05, 0) is 36.6 Å². The average molecular weight is 394 g/mol. The Kier molecular flexibility index (Phi) is 5.50. The molecule has 28 heavy (non-hydrogen) atoms. The summed E-state index contributed by atoms with van der Waals surface area (Å²) in [5.41, 5.74) is 1.54. The number of nitrogens with zero attached hydrogens (tertiary/aromatic N) is 2. The molecule has 0 radical (unpaired) electrons. The lowest BCUT2D eigenvalue weighted by atomic mass is 10.0. The number of hydrogen-bond acceptors (Lipinski definition) is 5. The molecule has 0 unspecified atom stereocenters. The molecule has 2 atom stereocenters. The summed E-state index contributed by atoms with van der Waals surface area (Å²) in [6.07, 6.45) is 3.20. The summed E-state index contributed by atoms with van der Waals surface area (Å²) < 4.78 is 6.02. The number of aromatic nitrogens is 1. The smallest absolute Gasteiger partial charge is 0.255 e. The molecule has 0 saturated carbocycles. The van der Waals surface area contributed by atoms with Crippen molar-refractivity contribution in [2.75, 3.05) is 19.3 Å². The van der Waals surface area contributed by atoms with Crippen molar-refractivity contribution in [2.45, 2.75) is 23.5 Å². The van der Waals surface area contributed by atoms with E-state index >= 15 is 0 Å². The van der Waals surface area contributed by atoms with Crippen LogP contribution in [-0.2, 0) is 0 Å². The Labute approximate surface area is 168 Å². The van der Waals surface area contributed by atoms with Gasteiger partial charge >= 0.3 is 0 Å². The number of aliphatic hydroxyl groups is 1. The Morgan fingerprint density at radius 2 is 2.07 bits per heavy atom. The van der Waals surface area contributed by atoms with Crippen LogP contribution in [0.1, 0.15) is 16.8 Å². The predicted octanol–water partition coefficient (Wildman–Crippen LogP) is 3.61. The van der Waals surface area contributed by atoms with Gasteiger partial charge in [0.2, 0.25) is 0 Å². The number of thioether (sulfide) groups is 1. The zero-order chi connectivity index (χ0) is 19.5. The second kappa shape index (κ2) is 8.20. The number of hydrogen-bond donors (Lipinski definition) is 1.